The summed E-state index contributed by atoms with van der Waals surface area (Å²) in [6.45, 7) is 2.46. The molecule has 0 bridgehead atoms. The highest BCUT2D eigenvalue weighted by Gasteiger charge is 2.23. The number of aliphatic hydroxyl groups excluding tert-OH is 1. The van der Waals surface area contributed by atoms with Crippen LogP contribution < -0.4 is 5.32 Å². The van der Waals surface area contributed by atoms with E-state index in [4.69, 9.17) is 0 Å². The summed E-state index contributed by atoms with van der Waals surface area (Å²) in [7, 11) is 0. The van der Waals surface area contributed by atoms with Crippen molar-refractivity contribution in [3.05, 3.63) is 35.4 Å². The van der Waals surface area contributed by atoms with Crippen molar-refractivity contribution in [2.45, 2.75) is 51.6 Å². The van der Waals surface area contributed by atoms with Crippen LogP contribution in [0.2, 0.25) is 0 Å². The molecule has 2 N–H and O–H groups in total. The molecular weight excluding hydrogens is 250 g/mol. The molecule has 3 heteroatoms. The zero-order valence-electron chi connectivity index (χ0n) is 12.3. The second-order valence-corrected chi connectivity index (χ2v) is 5.91. The van der Waals surface area contributed by atoms with Crippen LogP contribution in [0.15, 0.2) is 24.3 Å². The zero-order valence-corrected chi connectivity index (χ0v) is 12.3. The molecule has 0 heterocycles. The first-order chi connectivity index (χ1) is 9.65. The van der Waals surface area contributed by atoms with Crippen LogP contribution in [0.3, 0.4) is 0 Å². The molecule has 0 saturated heterocycles. The van der Waals surface area contributed by atoms with E-state index in [0.717, 1.165) is 19.3 Å². The van der Waals surface area contributed by atoms with E-state index in [2.05, 4.69) is 24.4 Å². The molecule has 1 fully saturated rings. The van der Waals surface area contributed by atoms with E-state index in [9.17, 15) is 9.90 Å². The van der Waals surface area contributed by atoms with Crippen molar-refractivity contribution in [1.82, 2.24) is 5.32 Å². The van der Waals surface area contributed by atoms with Crippen LogP contribution in [0.4, 0.5) is 0 Å². The topological polar surface area (TPSA) is 49.3 Å². The lowest BCUT2D eigenvalue weighted by atomic mass is 10.0. The standard InChI is InChI=1S/C17H25NO2/c1-13-5-4-6-14(11-13)9-10-17(20)18-12-16(19)15-7-2-3-8-15/h4-6,11,15-16,19H,2-3,7-10,12H2,1H3,(H,18,20). The molecule has 2 rings (SSSR count). The summed E-state index contributed by atoms with van der Waals surface area (Å²) in [4.78, 5) is 11.8. The first-order valence-electron chi connectivity index (χ1n) is 7.65. The minimum absolute atomic E-state index is 0.0311. The van der Waals surface area contributed by atoms with Gasteiger partial charge in [0.05, 0.1) is 6.10 Å². The highest BCUT2D eigenvalue weighted by Crippen LogP contribution is 2.27. The number of hydrogen-bond donors (Lipinski definition) is 2. The van der Waals surface area contributed by atoms with Gasteiger partial charge >= 0.3 is 0 Å². The van der Waals surface area contributed by atoms with Gasteiger partial charge in [-0.05, 0) is 37.7 Å². The number of rotatable bonds is 6. The summed E-state index contributed by atoms with van der Waals surface area (Å²) in [5, 5.41) is 12.9. The van der Waals surface area contributed by atoms with Crippen LogP contribution in [0.1, 0.15) is 43.2 Å². The predicted molar refractivity (Wildman–Crippen MR) is 80.5 cm³/mol. The van der Waals surface area contributed by atoms with Crippen LogP contribution in [-0.4, -0.2) is 23.7 Å². The van der Waals surface area contributed by atoms with Crippen molar-refractivity contribution < 1.29 is 9.90 Å². The van der Waals surface area contributed by atoms with Crippen molar-refractivity contribution in [1.29, 1.82) is 0 Å². The lowest BCUT2D eigenvalue weighted by Gasteiger charge is -2.18. The molecule has 1 aliphatic carbocycles. The molecular formula is C17H25NO2. The van der Waals surface area contributed by atoms with E-state index in [1.165, 1.54) is 24.0 Å². The Morgan fingerprint density at radius 1 is 1.40 bits per heavy atom. The number of benzene rings is 1. The van der Waals surface area contributed by atoms with E-state index in [1.807, 2.05) is 12.1 Å². The van der Waals surface area contributed by atoms with Gasteiger partial charge in [-0.3, -0.25) is 4.79 Å². The fourth-order valence-corrected chi connectivity index (χ4v) is 2.94. The van der Waals surface area contributed by atoms with Crippen molar-refractivity contribution in [3.63, 3.8) is 0 Å². The Labute approximate surface area is 121 Å². The largest absolute Gasteiger partial charge is 0.391 e. The highest BCUT2D eigenvalue weighted by molar-refractivity contribution is 5.76. The lowest BCUT2D eigenvalue weighted by Crippen LogP contribution is -2.35. The maximum absolute atomic E-state index is 11.8. The molecule has 0 aromatic heterocycles. The second kappa shape index (κ2) is 7.44. The molecule has 0 radical (unpaired) electrons. The summed E-state index contributed by atoms with van der Waals surface area (Å²) in [5.41, 5.74) is 2.41. The number of carbonyl (C=O) groups excluding carboxylic acids is 1. The maximum atomic E-state index is 11.8. The molecule has 0 spiro atoms. The molecule has 110 valence electrons. The molecule has 1 aliphatic rings. The number of aliphatic hydroxyl groups is 1. The van der Waals surface area contributed by atoms with E-state index < -0.39 is 0 Å². The fourth-order valence-electron chi connectivity index (χ4n) is 2.94. The molecule has 1 unspecified atom stereocenters. The Morgan fingerprint density at radius 3 is 2.85 bits per heavy atom. The number of hydrogen-bond acceptors (Lipinski definition) is 2. The van der Waals surface area contributed by atoms with Gasteiger partial charge in [0.25, 0.3) is 0 Å². The molecule has 1 atom stereocenters. The van der Waals surface area contributed by atoms with Crippen LogP contribution in [0.5, 0.6) is 0 Å². The van der Waals surface area contributed by atoms with Crippen molar-refractivity contribution in [2.75, 3.05) is 6.54 Å². The first kappa shape index (κ1) is 15.0. The molecule has 20 heavy (non-hydrogen) atoms. The molecule has 1 aromatic rings. The number of carbonyl (C=O) groups is 1. The van der Waals surface area contributed by atoms with Crippen LogP contribution in [0.25, 0.3) is 0 Å². The normalized spacial score (nSPS) is 17.1. The van der Waals surface area contributed by atoms with E-state index in [-0.39, 0.29) is 12.0 Å². The monoisotopic (exact) mass is 275 g/mol. The fraction of sp³-hybridized carbons (Fsp3) is 0.588. The van der Waals surface area contributed by atoms with Gasteiger partial charge in [-0.1, -0.05) is 42.7 Å². The quantitative estimate of drug-likeness (QED) is 0.838. The molecule has 1 amide bonds. The van der Waals surface area contributed by atoms with Gasteiger partial charge in [0.1, 0.15) is 0 Å². The smallest absolute Gasteiger partial charge is 0.220 e. The summed E-state index contributed by atoms with van der Waals surface area (Å²) < 4.78 is 0. The van der Waals surface area contributed by atoms with Gasteiger partial charge in [-0.2, -0.15) is 0 Å². The van der Waals surface area contributed by atoms with Gasteiger partial charge in [0.2, 0.25) is 5.91 Å². The van der Waals surface area contributed by atoms with Crippen LogP contribution in [-0.2, 0) is 11.2 Å². The van der Waals surface area contributed by atoms with Gasteiger partial charge in [0.15, 0.2) is 0 Å². The van der Waals surface area contributed by atoms with E-state index in [1.54, 1.807) is 0 Å². The first-order valence-corrected chi connectivity index (χ1v) is 7.65. The summed E-state index contributed by atoms with van der Waals surface area (Å²) in [6.07, 6.45) is 5.49. The molecule has 1 aromatic carbocycles. The van der Waals surface area contributed by atoms with Gasteiger partial charge in [-0.25, -0.2) is 0 Å². The van der Waals surface area contributed by atoms with Crippen molar-refractivity contribution in [2.24, 2.45) is 5.92 Å². The van der Waals surface area contributed by atoms with Gasteiger partial charge < -0.3 is 10.4 Å². The second-order valence-electron chi connectivity index (χ2n) is 5.91. The zero-order chi connectivity index (χ0) is 14.4. The number of aryl methyl sites for hydroxylation is 2. The third-order valence-electron chi connectivity index (χ3n) is 4.18. The van der Waals surface area contributed by atoms with Gasteiger partial charge in [-0.15, -0.1) is 0 Å². The SMILES string of the molecule is Cc1cccc(CCC(=O)NCC(O)C2CCCC2)c1. The number of amides is 1. The Balaban J connectivity index is 1.67. The Bertz CT molecular complexity index is 438. The summed E-state index contributed by atoms with van der Waals surface area (Å²) >= 11 is 0. The van der Waals surface area contributed by atoms with Gasteiger partial charge in [0, 0.05) is 13.0 Å². The average Bonchev–Trinajstić information content (AvgIpc) is 2.97. The van der Waals surface area contributed by atoms with Crippen molar-refractivity contribution in [3.8, 4) is 0 Å². The Morgan fingerprint density at radius 2 is 2.15 bits per heavy atom. The average molecular weight is 275 g/mol. The summed E-state index contributed by atoms with van der Waals surface area (Å²) in [6, 6.07) is 8.24. The van der Waals surface area contributed by atoms with Crippen LogP contribution in [0, 0.1) is 12.8 Å². The maximum Gasteiger partial charge on any atom is 0.220 e. The minimum Gasteiger partial charge on any atom is -0.391 e. The third-order valence-corrected chi connectivity index (χ3v) is 4.18. The van der Waals surface area contributed by atoms with Crippen LogP contribution >= 0.6 is 0 Å². The van der Waals surface area contributed by atoms with E-state index >= 15 is 0 Å². The summed E-state index contributed by atoms with van der Waals surface area (Å²) in [5.74, 6) is 0.413. The third kappa shape index (κ3) is 4.64. The Kier molecular flexibility index (Phi) is 5.60. The number of nitrogens with one attached hydrogen (secondary N) is 1. The molecule has 1 saturated carbocycles. The predicted octanol–water partition coefficient (Wildman–Crippen LogP) is 2.59. The minimum atomic E-state index is -0.375. The van der Waals surface area contributed by atoms with Crippen molar-refractivity contribution >= 4 is 5.91 Å². The van der Waals surface area contributed by atoms with E-state index in [0.29, 0.717) is 18.9 Å². The lowest BCUT2D eigenvalue weighted by molar-refractivity contribution is -0.121. The highest BCUT2D eigenvalue weighted by atomic mass is 16.3. The Hall–Kier alpha value is -1.35. The molecule has 3 nitrogen and oxygen atoms in total. The molecule has 0 aliphatic heterocycles.